The van der Waals surface area contributed by atoms with Gasteiger partial charge in [-0.15, -0.1) is 0 Å². The normalized spacial score (nSPS) is 22.2. The Labute approximate surface area is 143 Å². The number of nitrogens with one attached hydrogen (secondary N) is 1. The second-order valence-electron chi connectivity index (χ2n) is 6.22. The van der Waals surface area contributed by atoms with Gasteiger partial charge in [0, 0.05) is 32.2 Å². The molecule has 2 aliphatic rings. The van der Waals surface area contributed by atoms with Crippen molar-refractivity contribution in [2.75, 3.05) is 25.1 Å². The van der Waals surface area contributed by atoms with E-state index in [-0.39, 0.29) is 30.2 Å². The molecule has 1 aromatic heterocycles. The molecule has 0 saturated carbocycles. The van der Waals surface area contributed by atoms with Crippen LogP contribution in [-0.4, -0.2) is 51.3 Å². The lowest BCUT2D eigenvalue weighted by Crippen LogP contribution is -2.41. The standard InChI is InChI=1S/C16H18N4O3S/c21-14-8-10(9-20(14)11-4-6-23-7-5-11)16(22)17-12-2-1-3-13-15(12)19-24-18-13/h1-3,10-11H,4-9H2,(H,17,22). The van der Waals surface area contributed by atoms with Crippen LogP contribution in [0.1, 0.15) is 19.3 Å². The van der Waals surface area contributed by atoms with Crippen molar-refractivity contribution in [2.45, 2.75) is 25.3 Å². The van der Waals surface area contributed by atoms with E-state index >= 15 is 0 Å². The molecule has 1 unspecified atom stereocenters. The van der Waals surface area contributed by atoms with Crippen molar-refractivity contribution < 1.29 is 14.3 Å². The smallest absolute Gasteiger partial charge is 0.229 e. The molecule has 24 heavy (non-hydrogen) atoms. The van der Waals surface area contributed by atoms with Crippen LogP contribution < -0.4 is 5.32 Å². The molecule has 2 fully saturated rings. The minimum absolute atomic E-state index is 0.0654. The average Bonchev–Trinajstić information content (AvgIpc) is 3.23. The number of aromatic nitrogens is 2. The Hall–Kier alpha value is -2.06. The predicted molar refractivity (Wildman–Crippen MR) is 89.7 cm³/mol. The minimum Gasteiger partial charge on any atom is -0.381 e. The summed E-state index contributed by atoms with van der Waals surface area (Å²) in [4.78, 5) is 26.7. The Morgan fingerprint density at radius 3 is 2.96 bits per heavy atom. The Morgan fingerprint density at radius 2 is 2.12 bits per heavy atom. The van der Waals surface area contributed by atoms with Gasteiger partial charge in [0.2, 0.25) is 11.8 Å². The number of rotatable bonds is 3. The zero-order valence-electron chi connectivity index (χ0n) is 13.1. The van der Waals surface area contributed by atoms with Crippen molar-refractivity contribution in [3.05, 3.63) is 18.2 Å². The number of carbonyl (C=O) groups is 2. The maximum Gasteiger partial charge on any atom is 0.229 e. The van der Waals surface area contributed by atoms with Crippen LogP contribution in [0.4, 0.5) is 5.69 Å². The van der Waals surface area contributed by atoms with Crippen molar-refractivity contribution in [2.24, 2.45) is 5.92 Å². The summed E-state index contributed by atoms with van der Waals surface area (Å²) in [6, 6.07) is 5.72. The lowest BCUT2D eigenvalue weighted by molar-refractivity contribution is -0.131. The van der Waals surface area contributed by atoms with Crippen molar-refractivity contribution in [3.63, 3.8) is 0 Å². The number of hydrogen-bond acceptors (Lipinski definition) is 6. The van der Waals surface area contributed by atoms with Gasteiger partial charge in [-0.1, -0.05) is 6.07 Å². The van der Waals surface area contributed by atoms with E-state index in [1.54, 1.807) is 0 Å². The fourth-order valence-electron chi connectivity index (χ4n) is 3.40. The van der Waals surface area contributed by atoms with Gasteiger partial charge in [0.15, 0.2) is 0 Å². The van der Waals surface area contributed by atoms with E-state index in [1.165, 1.54) is 0 Å². The maximum absolute atomic E-state index is 12.6. The molecule has 2 saturated heterocycles. The maximum atomic E-state index is 12.6. The molecule has 0 radical (unpaired) electrons. The highest BCUT2D eigenvalue weighted by atomic mass is 32.1. The zero-order chi connectivity index (χ0) is 16.5. The highest BCUT2D eigenvalue weighted by molar-refractivity contribution is 7.00. The molecular formula is C16H18N4O3S. The number of amides is 2. The first-order valence-corrected chi connectivity index (χ1v) is 8.85. The summed E-state index contributed by atoms with van der Waals surface area (Å²) in [5.74, 6) is -0.379. The second-order valence-corrected chi connectivity index (χ2v) is 6.75. The fraction of sp³-hybridized carbons (Fsp3) is 0.500. The van der Waals surface area contributed by atoms with E-state index in [2.05, 4.69) is 14.1 Å². The van der Waals surface area contributed by atoms with Gasteiger partial charge in [0.05, 0.1) is 23.3 Å². The first-order chi connectivity index (χ1) is 11.7. The molecule has 0 bridgehead atoms. The molecule has 2 amide bonds. The molecule has 0 spiro atoms. The first-order valence-electron chi connectivity index (χ1n) is 8.12. The Bertz CT molecular complexity index is 772. The lowest BCUT2D eigenvalue weighted by atomic mass is 10.1. The van der Waals surface area contributed by atoms with Crippen molar-refractivity contribution in [1.29, 1.82) is 0 Å². The van der Waals surface area contributed by atoms with E-state index in [1.807, 2.05) is 23.1 Å². The minimum atomic E-state index is -0.317. The van der Waals surface area contributed by atoms with Crippen LogP contribution in [0.3, 0.4) is 0 Å². The molecule has 1 aromatic carbocycles. The summed E-state index contributed by atoms with van der Waals surface area (Å²) in [6.45, 7) is 1.86. The third-order valence-electron chi connectivity index (χ3n) is 4.70. The quantitative estimate of drug-likeness (QED) is 0.914. The number of fused-ring (bicyclic) bond motifs is 1. The van der Waals surface area contributed by atoms with Gasteiger partial charge in [-0.25, -0.2) is 0 Å². The van der Waals surface area contributed by atoms with E-state index in [9.17, 15) is 9.59 Å². The van der Waals surface area contributed by atoms with E-state index in [0.717, 1.165) is 30.1 Å². The van der Waals surface area contributed by atoms with Gasteiger partial charge in [0.1, 0.15) is 11.0 Å². The summed E-state index contributed by atoms with van der Waals surface area (Å²) >= 11 is 1.12. The molecule has 2 aromatic rings. The van der Waals surface area contributed by atoms with E-state index < -0.39 is 0 Å². The zero-order valence-corrected chi connectivity index (χ0v) is 13.9. The first kappa shape index (κ1) is 15.5. The second kappa shape index (κ2) is 6.45. The monoisotopic (exact) mass is 346 g/mol. The molecule has 4 rings (SSSR count). The van der Waals surface area contributed by atoms with Crippen molar-refractivity contribution in [3.8, 4) is 0 Å². The molecule has 1 N–H and O–H groups in total. The summed E-state index contributed by atoms with van der Waals surface area (Å²) in [5.41, 5.74) is 2.12. The van der Waals surface area contributed by atoms with Crippen LogP contribution in [0.25, 0.3) is 11.0 Å². The highest BCUT2D eigenvalue weighted by Crippen LogP contribution is 2.27. The van der Waals surface area contributed by atoms with E-state index in [0.29, 0.717) is 31.0 Å². The summed E-state index contributed by atoms with van der Waals surface area (Å²) in [5, 5.41) is 2.92. The van der Waals surface area contributed by atoms with Gasteiger partial charge in [-0.3, -0.25) is 9.59 Å². The Kier molecular flexibility index (Phi) is 4.15. The molecule has 8 heteroatoms. The molecule has 126 valence electrons. The molecule has 0 aliphatic carbocycles. The number of carbonyl (C=O) groups excluding carboxylic acids is 2. The summed E-state index contributed by atoms with van der Waals surface area (Å²) < 4.78 is 13.8. The summed E-state index contributed by atoms with van der Waals surface area (Å²) in [6.07, 6.45) is 1.97. The van der Waals surface area contributed by atoms with Crippen LogP contribution in [0.5, 0.6) is 0 Å². The topological polar surface area (TPSA) is 84.4 Å². The van der Waals surface area contributed by atoms with Crippen molar-refractivity contribution >= 4 is 40.3 Å². The predicted octanol–water partition coefficient (Wildman–Crippen LogP) is 1.66. The van der Waals surface area contributed by atoms with Crippen LogP contribution >= 0.6 is 11.7 Å². The average molecular weight is 346 g/mol. The highest BCUT2D eigenvalue weighted by Gasteiger charge is 2.38. The Morgan fingerprint density at radius 1 is 1.29 bits per heavy atom. The molecular weight excluding hydrogens is 328 g/mol. The number of nitrogens with zero attached hydrogens (tertiary/aromatic N) is 3. The third kappa shape index (κ3) is 2.87. The largest absolute Gasteiger partial charge is 0.381 e. The van der Waals surface area contributed by atoms with Crippen LogP contribution in [0.15, 0.2) is 18.2 Å². The van der Waals surface area contributed by atoms with Crippen LogP contribution in [-0.2, 0) is 14.3 Å². The number of ether oxygens (including phenoxy) is 1. The third-order valence-corrected chi connectivity index (χ3v) is 5.25. The fourth-order valence-corrected chi connectivity index (χ4v) is 3.95. The summed E-state index contributed by atoms with van der Waals surface area (Å²) in [7, 11) is 0. The van der Waals surface area contributed by atoms with Crippen LogP contribution in [0.2, 0.25) is 0 Å². The van der Waals surface area contributed by atoms with E-state index in [4.69, 9.17) is 4.74 Å². The number of benzene rings is 1. The Balaban J connectivity index is 1.45. The number of hydrogen-bond donors (Lipinski definition) is 1. The van der Waals surface area contributed by atoms with Crippen molar-refractivity contribution in [1.82, 2.24) is 13.6 Å². The van der Waals surface area contributed by atoms with Gasteiger partial charge < -0.3 is 15.0 Å². The van der Waals surface area contributed by atoms with Gasteiger partial charge in [-0.05, 0) is 25.0 Å². The van der Waals surface area contributed by atoms with Gasteiger partial charge in [0.25, 0.3) is 0 Å². The van der Waals surface area contributed by atoms with Crippen LogP contribution in [0, 0.1) is 5.92 Å². The molecule has 3 heterocycles. The molecule has 2 aliphatic heterocycles. The SMILES string of the molecule is O=C(Nc1cccc2nsnc12)C1CC(=O)N(C2CCOCC2)C1. The van der Waals surface area contributed by atoms with Gasteiger partial charge >= 0.3 is 0 Å². The molecule has 1 atom stereocenters. The van der Waals surface area contributed by atoms with Gasteiger partial charge in [-0.2, -0.15) is 8.75 Å². The lowest BCUT2D eigenvalue weighted by Gasteiger charge is -2.31. The molecule has 7 nitrogen and oxygen atoms in total. The number of likely N-dealkylation sites (tertiary alicyclic amines) is 1. The number of anilines is 1.